The number of Topliss-reactive ketones (excluding diaryl/α,β-unsaturated/α-hetero) is 1. The van der Waals surface area contributed by atoms with Crippen LogP contribution >= 0.6 is 0 Å². The molecule has 0 unspecified atom stereocenters. The minimum absolute atomic E-state index is 0.0393. The van der Waals surface area contributed by atoms with E-state index in [-0.39, 0.29) is 22.5 Å². The van der Waals surface area contributed by atoms with E-state index in [0.29, 0.717) is 24.9 Å². The topological polar surface area (TPSA) is 59.1 Å². The van der Waals surface area contributed by atoms with Gasteiger partial charge in [-0.25, -0.2) is 0 Å². The fraction of sp³-hybridized carbons (Fsp3) is 0.611. The maximum Gasteiger partial charge on any atom is 0.252 e. The number of ketones is 1. The molecule has 0 bridgehead atoms. The van der Waals surface area contributed by atoms with Crippen LogP contribution in [0.25, 0.3) is 0 Å². The molecule has 1 amide bonds. The Morgan fingerprint density at radius 3 is 2.27 bits per heavy atom. The van der Waals surface area contributed by atoms with Gasteiger partial charge < -0.3 is 5.32 Å². The monoisotopic (exact) mass is 304 g/mol. The van der Waals surface area contributed by atoms with Gasteiger partial charge in [-0.15, -0.1) is 0 Å². The fourth-order valence-electron chi connectivity index (χ4n) is 1.90. The van der Waals surface area contributed by atoms with E-state index in [2.05, 4.69) is 31.1 Å². The third-order valence-corrected chi connectivity index (χ3v) is 3.57. The van der Waals surface area contributed by atoms with E-state index >= 15 is 0 Å². The van der Waals surface area contributed by atoms with Gasteiger partial charge in [-0.2, -0.15) is 0 Å². The maximum absolute atomic E-state index is 12.1. The van der Waals surface area contributed by atoms with Gasteiger partial charge in [0.05, 0.1) is 5.56 Å². The smallest absolute Gasteiger partial charge is 0.252 e. The molecule has 0 aliphatic heterocycles. The first-order valence-corrected chi connectivity index (χ1v) is 7.79. The Balaban J connectivity index is 2.52. The van der Waals surface area contributed by atoms with Crippen LogP contribution in [0.2, 0.25) is 0 Å². The van der Waals surface area contributed by atoms with Crippen LogP contribution in [-0.4, -0.2) is 23.2 Å². The molecular formula is C18H28N2O2. The van der Waals surface area contributed by atoms with Crippen LogP contribution in [0, 0.1) is 5.41 Å². The Morgan fingerprint density at radius 2 is 1.73 bits per heavy atom. The highest BCUT2D eigenvalue weighted by atomic mass is 16.1. The molecule has 0 aliphatic carbocycles. The van der Waals surface area contributed by atoms with Crippen molar-refractivity contribution in [3.05, 3.63) is 29.6 Å². The SMILES string of the molecule is CC(C)(C)C(=O)CCCNC(=O)c1cncc(C(C)(C)C)c1. The number of nitrogens with zero attached hydrogens (tertiary/aromatic N) is 1. The van der Waals surface area contributed by atoms with E-state index in [0.717, 1.165) is 5.56 Å². The summed E-state index contributed by atoms with van der Waals surface area (Å²) in [7, 11) is 0. The minimum atomic E-state index is -0.311. The molecule has 1 aromatic heterocycles. The van der Waals surface area contributed by atoms with Crippen LogP contribution in [0.1, 0.15) is 70.3 Å². The van der Waals surface area contributed by atoms with Gasteiger partial charge in [0.15, 0.2) is 0 Å². The summed E-state index contributed by atoms with van der Waals surface area (Å²) >= 11 is 0. The predicted octanol–water partition coefficient (Wildman–Crippen LogP) is 3.50. The van der Waals surface area contributed by atoms with Gasteiger partial charge in [0.25, 0.3) is 5.91 Å². The van der Waals surface area contributed by atoms with Crippen LogP contribution in [0.5, 0.6) is 0 Å². The standard InChI is InChI=1S/C18H28N2O2/c1-17(2,3)14-10-13(11-19-12-14)16(22)20-9-7-8-15(21)18(4,5)6/h10-12H,7-9H2,1-6H3,(H,20,22). The molecule has 122 valence electrons. The number of carbonyl (C=O) groups excluding carboxylic acids is 2. The average molecular weight is 304 g/mol. The molecule has 1 N–H and O–H groups in total. The van der Waals surface area contributed by atoms with Gasteiger partial charge in [0.1, 0.15) is 5.78 Å². The molecule has 1 heterocycles. The van der Waals surface area contributed by atoms with E-state index in [1.54, 1.807) is 12.4 Å². The number of nitrogens with one attached hydrogen (secondary N) is 1. The zero-order chi connectivity index (χ0) is 17.0. The van der Waals surface area contributed by atoms with Crippen molar-refractivity contribution in [2.24, 2.45) is 5.41 Å². The Hall–Kier alpha value is -1.71. The molecule has 0 fully saturated rings. The van der Waals surface area contributed by atoms with Crippen LogP contribution < -0.4 is 5.32 Å². The summed E-state index contributed by atoms with van der Waals surface area (Å²) in [4.78, 5) is 28.1. The summed E-state index contributed by atoms with van der Waals surface area (Å²) in [5.41, 5.74) is 1.25. The molecule has 4 heteroatoms. The Labute approximate surface area is 133 Å². The predicted molar refractivity (Wildman–Crippen MR) is 89.0 cm³/mol. The largest absolute Gasteiger partial charge is 0.352 e. The van der Waals surface area contributed by atoms with Gasteiger partial charge in [-0.05, 0) is 23.5 Å². The number of pyridine rings is 1. The average Bonchev–Trinajstić information content (AvgIpc) is 2.41. The van der Waals surface area contributed by atoms with Crippen molar-refractivity contribution in [3.63, 3.8) is 0 Å². The Kier molecular flexibility index (Phi) is 5.86. The number of hydrogen-bond donors (Lipinski definition) is 1. The number of hydrogen-bond acceptors (Lipinski definition) is 3. The second-order valence-electron chi connectivity index (χ2n) is 7.74. The van der Waals surface area contributed by atoms with Gasteiger partial charge in [0, 0.05) is 30.8 Å². The fourth-order valence-corrected chi connectivity index (χ4v) is 1.90. The number of amides is 1. The van der Waals surface area contributed by atoms with Crippen molar-refractivity contribution in [2.75, 3.05) is 6.54 Å². The van der Waals surface area contributed by atoms with Crippen molar-refractivity contribution in [1.29, 1.82) is 0 Å². The first-order valence-electron chi connectivity index (χ1n) is 7.79. The third kappa shape index (κ3) is 5.58. The molecule has 0 saturated heterocycles. The zero-order valence-electron chi connectivity index (χ0n) is 14.6. The summed E-state index contributed by atoms with van der Waals surface area (Å²) in [5, 5.41) is 2.85. The highest BCUT2D eigenvalue weighted by molar-refractivity contribution is 5.94. The van der Waals surface area contributed by atoms with E-state index < -0.39 is 0 Å². The van der Waals surface area contributed by atoms with Gasteiger partial charge in [0.2, 0.25) is 0 Å². The molecule has 0 spiro atoms. The molecule has 0 atom stereocenters. The summed E-state index contributed by atoms with van der Waals surface area (Å²) < 4.78 is 0. The maximum atomic E-state index is 12.1. The third-order valence-electron chi connectivity index (χ3n) is 3.57. The van der Waals surface area contributed by atoms with Crippen LogP contribution in [0.4, 0.5) is 0 Å². The van der Waals surface area contributed by atoms with Gasteiger partial charge in [-0.3, -0.25) is 14.6 Å². The molecule has 0 aromatic carbocycles. The molecule has 22 heavy (non-hydrogen) atoms. The van der Waals surface area contributed by atoms with E-state index in [4.69, 9.17) is 0 Å². The second-order valence-corrected chi connectivity index (χ2v) is 7.74. The van der Waals surface area contributed by atoms with Crippen LogP contribution in [-0.2, 0) is 10.2 Å². The lowest BCUT2D eigenvalue weighted by molar-refractivity contribution is -0.126. The molecule has 0 radical (unpaired) electrons. The summed E-state index contributed by atoms with van der Waals surface area (Å²) in [6.45, 7) is 12.5. The molecule has 4 nitrogen and oxygen atoms in total. The summed E-state index contributed by atoms with van der Waals surface area (Å²) in [6.07, 6.45) is 4.52. The van der Waals surface area contributed by atoms with Crippen molar-refractivity contribution in [2.45, 2.75) is 59.8 Å². The molecule has 1 aromatic rings. The van der Waals surface area contributed by atoms with E-state index in [1.165, 1.54) is 0 Å². The Bertz CT molecular complexity index is 537. The van der Waals surface area contributed by atoms with Crippen LogP contribution in [0.15, 0.2) is 18.5 Å². The number of rotatable bonds is 5. The lowest BCUT2D eigenvalue weighted by Gasteiger charge is -2.19. The number of aromatic nitrogens is 1. The zero-order valence-corrected chi connectivity index (χ0v) is 14.6. The lowest BCUT2D eigenvalue weighted by Crippen LogP contribution is -2.27. The normalized spacial score (nSPS) is 12.1. The van der Waals surface area contributed by atoms with E-state index in [9.17, 15) is 9.59 Å². The highest BCUT2D eigenvalue weighted by Crippen LogP contribution is 2.21. The van der Waals surface area contributed by atoms with Gasteiger partial charge in [-0.1, -0.05) is 41.5 Å². The first kappa shape index (κ1) is 18.3. The van der Waals surface area contributed by atoms with Crippen molar-refractivity contribution >= 4 is 11.7 Å². The van der Waals surface area contributed by atoms with Crippen molar-refractivity contribution in [1.82, 2.24) is 10.3 Å². The van der Waals surface area contributed by atoms with Crippen molar-refractivity contribution < 1.29 is 9.59 Å². The molecule has 1 rings (SSSR count). The quantitative estimate of drug-likeness (QED) is 0.847. The summed E-state index contributed by atoms with van der Waals surface area (Å²) in [6, 6.07) is 1.88. The Morgan fingerprint density at radius 1 is 1.09 bits per heavy atom. The lowest BCUT2D eigenvalue weighted by atomic mass is 9.87. The van der Waals surface area contributed by atoms with Crippen LogP contribution in [0.3, 0.4) is 0 Å². The van der Waals surface area contributed by atoms with Gasteiger partial charge >= 0.3 is 0 Å². The number of carbonyl (C=O) groups is 2. The minimum Gasteiger partial charge on any atom is -0.352 e. The van der Waals surface area contributed by atoms with Crippen molar-refractivity contribution in [3.8, 4) is 0 Å². The summed E-state index contributed by atoms with van der Waals surface area (Å²) in [5.74, 6) is 0.0833. The highest BCUT2D eigenvalue weighted by Gasteiger charge is 2.20. The molecule has 0 saturated carbocycles. The molecule has 0 aliphatic rings. The second kappa shape index (κ2) is 7.03. The van der Waals surface area contributed by atoms with E-state index in [1.807, 2.05) is 26.8 Å². The molecular weight excluding hydrogens is 276 g/mol. The first-order chi connectivity index (χ1) is 10.0.